The normalized spacial score (nSPS) is 12.2. The third-order valence-corrected chi connectivity index (χ3v) is 2.30. The molecule has 1 aromatic rings. The fourth-order valence-corrected chi connectivity index (χ4v) is 1.42. The van der Waals surface area contributed by atoms with Gasteiger partial charge in [-0.05, 0) is 24.6 Å². The summed E-state index contributed by atoms with van der Waals surface area (Å²) in [5.41, 5.74) is 0.166. The highest BCUT2D eigenvalue weighted by Crippen LogP contribution is 2.19. The van der Waals surface area contributed by atoms with Gasteiger partial charge >= 0.3 is 0 Å². The number of rotatable bonds is 5. The summed E-state index contributed by atoms with van der Waals surface area (Å²) in [5.74, 6) is -0.970. The monoisotopic (exact) mass is 226 g/mol. The Morgan fingerprint density at radius 1 is 1.56 bits per heavy atom. The van der Waals surface area contributed by atoms with Crippen LogP contribution in [0.4, 0.5) is 4.39 Å². The number of carbonyl (C=O) groups excluding carboxylic acids is 1. The first-order valence-corrected chi connectivity index (χ1v) is 5.16. The summed E-state index contributed by atoms with van der Waals surface area (Å²) in [5, 5.41) is 9.49. The molecule has 0 aliphatic heterocycles. The molecule has 0 radical (unpaired) electrons. The maximum Gasteiger partial charge on any atom is 0.191 e. The van der Waals surface area contributed by atoms with Crippen molar-refractivity contribution in [2.45, 2.75) is 25.9 Å². The van der Waals surface area contributed by atoms with Crippen LogP contribution in [-0.4, -0.2) is 24.1 Å². The van der Waals surface area contributed by atoms with Crippen LogP contribution in [0.1, 0.15) is 30.1 Å². The van der Waals surface area contributed by atoms with E-state index in [0.717, 1.165) is 6.07 Å². The van der Waals surface area contributed by atoms with Crippen molar-refractivity contribution < 1.29 is 19.0 Å². The number of Topliss-reactive ketones (excluding diaryl/α,β-unsaturated/α-hetero) is 1. The van der Waals surface area contributed by atoms with Gasteiger partial charge in [-0.15, -0.1) is 0 Å². The summed E-state index contributed by atoms with van der Waals surface area (Å²) in [4.78, 5) is 11.6. The summed E-state index contributed by atoms with van der Waals surface area (Å²) in [7, 11) is 1.35. The summed E-state index contributed by atoms with van der Waals surface area (Å²) < 4.78 is 18.0. The van der Waals surface area contributed by atoms with E-state index >= 15 is 0 Å². The molecule has 0 heterocycles. The van der Waals surface area contributed by atoms with Gasteiger partial charge in [-0.1, -0.05) is 13.3 Å². The molecule has 0 saturated heterocycles. The lowest BCUT2D eigenvalue weighted by Gasteiger charge is -2.09. The van der Waals surface area contributed by atoms with Gasteiger partial charge in [-0.25, -0.2) is 4.39 Å². The fraction of sp³-hybridized carbons (Fsp3) is 0.417. The van der Waals surface area contributed by atoms with E-state index in [0.29, 0.717) is 12.8 Å². The van der Waals surface area contributed by atoms with E-state index in [4.69, 9.17) is 4.74 Å². The molecule has 3 nitrogen and oxygen atoms in total. The topological polar surface area (TPSA) is 46.5 Å². The predicted octanol–water partition coefficient (Wildman–Crippen LogP) is 2.18. The number of aliphatic hydroxyl groups excluding tert-OH is 1. The maximum absolute atomic E-state index is 13.3. The van der Waals surface area contributed by atoms with Crippen LogP contribution >= 0.6 is 0 Å². The van der Waals surface area contributed by atoms with Crippen molar-refractivity contribution in [3.8, 4) is 5.75 Å². The van der Waals surface area contributed by atoms with Gasteiger partial charge in [0.1, 0.15) is 6.10 Å². The number of benzene rings is 1. The number of hydrogen-bond donors (Lipinski definition) is 1. The minimum absolute atomic E-state index is 0.0848. The van der Waals surface area contributed by atoms with Gasteiger partial charge in [-0.3, -0.25) is 4.79 Å². The zero-order valence-corrected chi connectivity index (χ0v) is 9.37. The van der Waals surface area contributed by atoms with Gasteiger partial charge < -0.3 is 9.84 Å². The lowest BCUT2D eigenvalue weighted by Crippen LogP contribution is -2.20. The van der Waals surface area contributed by atoms with Gasteiger partial charge in [0.05, 0.1) is 7.11 Å². The highest BCUT2D eigenvalue weighted by Gasteiger charge is 2.17. The number of hydrogen-bond acceptors (Lipinski definition) is 3. The Kier molecular flexibility index (Phi) is 4.43. The SMILES string of the molecule is CCCC(O)C(=O)c1ccc(OC)c(F)c1. The van der Waals surface area contributed by atoms with E-state index in [2.05, 4.69) is 0 Å². The Morgan fingerprint density at radius 2 is 2.25 bits per heavy atom. The molecular formula is C12H15FO3. The number of carbonyl (C=O) groups is 1. The molecule has 1 rings (SSSR count). The van der Waals surface area contributed by atoms with Crippen molar-refractivity contribution in [1.29, 1.82) is 0 Å². The number of aliphatic hydroxyl groups is 1. The minimum Gasteiger partial charge on any atom is -0.494 e. The van der Waals surface area contributed by atoms with E-state index in [1.807, 2.05) is 6.92 Å². The van der Waals surface area contributed by atoms with Crippen molar-refractivity contribution in [1.82, 2.24) is 0 Å². The largest absolute Gasteiger partial charge is 0.494 e. The first-order valence-electron chi connectivity index (χ1n) is 5.16. The fourth-order valence-electron chi connectivity index (χ4n) is 1.42. The van der Waals surface area contributed by atoms with Crippen LogP contribution in [0.2, 0.25) is 0 Å². The lowest BCUT2D eigenvalue weighted by molar-refractivity contribution is 0.0729. The molecule has 0 aromatic heterocycles. The van der Waals surface area contributed by atoms with Gasteiger partial charge in [0, 0.05) is 5.56 Å². The number of ether oxygens (including phenoxy) is 1. The Balaban J connectivity index is 2.88. The van der Waals surface area contributed by atoms with Crippen LogP contribution in [0.25, 0.3) is 0 Å². The Hall–Kier alpha value is -1.42. The van der Waals surface area contributed by atoms with E-state index in [1.165, 1.54) is 19.2 Å². The zero-order valence-electron chi connectivity index (χ0n) is 9.37. The molecule has 16 heavy (non-hydrogen) atoms. The maximum atomic E-state index is 13.3. The second kappa shape index (κ2) is 5.61. The molecule has 1 aromatic carbocycles. The van der Waals surface area contributed by atoms with Gasteiger partial charge in [-0.2, -0.15) is 0 Å². The summed E-state index contributed by atoms with van der Waals surface area (Å²) in [6, 6.07) is 3.91. The summed E-state index contributed by atoms with van der Waals surface area (Å²) in [6.45, 7) is 1.87. The molecule has 0 amide bonds. The second-order valence-corrected chi connectivity index (χ2v) is 3.52. The molecule has 4 heteroatoms. The number of methoxy groups -OCH3 is 1. The van der Waals surface area contributed by atoms with Crippen LogP contribution in [-0.2, 0) is 0 Å². The smallest absolute Gasteiger partial charge is 0.191 e. The third kappa shape index (κ3) is 2.79. The van der Waals surface area contributed by atoms with E-state index in [1.54, 1.807) is 0 Å². The van der Waals surface area contributed by atoms with Gasteiger partial charge in [0.2, 0.25) is 0 Å². The molecule has 0 spiro atoms. The minimum atomic E-state index is -1.06. The van der Waals surface area contributed by atoms with Crippen LogP contribution in [0.3, 0.4) is 0 Å². The zero-order chi connectivity index (χ0) is 12.1. The molecule has 1 N–H and O–H groups in total. The Labute approximate surface area is 93.9 Å². The molecular weight excluding hydrogens is 211 g/mol. The number of ketones is 1. The molecule has 0 fully saturated rings. The molecule has 1 unspecified atom stereocenters. The standard InChI is InChI=1S/C12H15FO3/c1-3-4-10(14)12(15)8-5-6-11(16-2)9(13)7-8/h5-7,10,14H,3-4H2,1-2H3. The van der Waals surface area contributed by atoms with Gasteiger partial charge in [0.25, 0.3) is 0 Å². The second-order valence-electron chi connectivity index (χ2n) is 3.52. The summed E-state index contributed by atoms with van der Waals surface area (Å²) >= 11 is 0. The van der Waals surface area contributed by atoms with Crippen LogP contribution in [0.5, 0.6) is 5.75 Å². The Bertz CT molecular complexity index is 377. The first kappa shape index (κ1) is 12.6. The highest BCUT2D eigenvalue weighted by atomic mass is 19.1. The van der Waals surface area contributed by atoms with Crippen LogP contribution < -0.4 is 4.74 Å². The van der Waals surface area contributed by atoms with Crippen LogP contribution in [0.15, 0.2) is 18.2 Å². The van der Waals surface area contributed by atoms with Crippen molar-refractivity contribution in [2.75, 3.05) is 7.11 Å². The van der Waals surface area contributed by atoms with Crippen LogP contribution in [0, 0.1) is 5.82 Å². The molecule has 0 saturated carbocycles. The van der Waals surface area contributed by atoms with E-state index in [-0.39, 0.29) is 11.3 Å². The van der Waals surface area contributed by atoms with Crippen molar-refractivity contribution >= 4 is 5.78 Å². The summed E-state index contributed by atoms with van der Waals surface area (Å²) in [6.07, 6.45) is 0.0238. The third-order valence-electron chi connectivity index (χ3n) is 2.30. The molecule has 88 valence electrons. The number of halogens is 1. The van der Waals surface area contributed by atoms with Gasteiger partial charge in [0.15, 0.2) is 17.3 Å². The van der Waals surface area contributed by atoms with Crippen molar-refractivity contribution in [3.63, 3.8) is 0 Å². The van der Waals surface area contributed by atoms with Crippen molar-refractivity contribution in [2.24, 2.45) is 0 Å². The molecule has 0 aliphatic rings. The Morgan fingerprint density at radius 3 is 2.75 bits per heavy atom. The quantitative estimate of drug-likeness (QED) is 0.783. The van der Waals surface area contributed by atoms with Crippen molar-refractivity contribution in [3.05, 3.63) is 29.6 Å². The lowest BCUT2D eigenvalue weighted by atomic mass is 10.0. The average molecular weight is 226 g/mol. The highest BCUT2D eigenvalue weighted by molar-refractivity contribution is 5.99. The average Bonchev–Trinajstić information content (AvgIpc) is 2.28. The first-order chi connectivity index (χ1) is 7.60. The predicted molar refractivity (Wildman–Crippen MR) is 58.2 cm³/mol. The molecule has 0 bridgehead atoms. The van der Waals surface area contributed by atoms with E-state index < -0.39 is 17.7 Å². The molecule has 1 atom stereocenters. The molecule has 0 aliphatic carbocycles. The van der Waals surface area contributed by atoms with E-state index in [9.17, 15) is 14.3 Å².